The van der Waals surface area contributed by atoms with Gasteiger partial charge in [0.15, 0.2) is 23.9 Å². The van der Waals surface area contributed by atoms with Crippen LogP contribution in [0.5, 0.6) is 0 Å². The summed E-state index contributed by atoms with van der Waals surface area (Å²) in [4.78, 5) is 19.9. The van der Waals surface area contributed by atoms with Gasteiger partial charge in [-0.25, -0.2) is 14.7 Å². The summed E-state index contributed by atoms with van der Waals surface area (Å²) in [6.07, 6.45) is -4.00. The highest BCUT2D eigenvalue weighted by Crippen LogP contribution is 2.35. The van der Waals surface area contributed by atoms with E-state index in [1.54, 1.807) is 0 Å². The summed E-state index contributed by atoms with van der Waals surface area (Å²) < 4.78 is 19.9. The Hall–Kier alpha value is -1.59. The van der Waals surface area contributed by atoms with Crippen LogP contribution in [0.3, 0.4) is 0 Å². The normalized spacial score (nSPS) is 33.4. The fourth-order valence-electron chi connectivity index (χ4n) is 1.89. The second-order valence-electron chi connectivity index (χ2n) is 4.32. The molecule has 1 fully saturated rings. The molecule has 1 aliphatic rings. The Kier molecular flexibility index (Phi) is 4.01. The van der Waals surface area contributed by atoms with Gasteiger partial charge in [-0.05, 0) is 6.07 Å². The maximum atomic E-state index is 14.0. The van der Waals surface area contributed by atoms with Crippen molar-refractivity contribution in [1.29, 1.82) is 0 Å². The van der Waals surface area contributed by atoms with Gasteiger partial charge in [0, 0.05) is 6.20 Å². The monoisotopic (exact) mass is 290 g/mol. The van der Waals surface area contributed by atoms with Crippen LogP contribution in [0.1, 0.15) is 6.23 Å². The molecule has 10 heteroatoms. The molecule has 0 spiro atoms. The van der Waals surface area contributed by atoms with E-state index in [9.17, 15) is 14.3 Å². The molecular formula is C10H15FN4O5. The lowest BCUT2D eigenvalue weighted by atomic mass is 10.1. The number of nitrogens with zero attached hydrogens (tertiary/aromatic N) is 2. The average molecular weight is 290 g/mol. The molecule has 9 nitrogen and oxygen atoms in total. The molecule has 0 aliphatic carbocycles. The first kappa shape index (κ1) is 14.8. The van der Waals surface area contributed by atoms with Crippen molar-refractivity contribution in [3.63, 3.8) is 0 Å². The van der Waals surface area contributed by atoms with Gasteiger partial charge in [-0.15, -0.1) is 0 Å². The van der Waals surface area contributed by atoms with Crippen molar-refractivity contribution in [2.75, 3.05) is 19.2 Å². The van der Waals surface area contributed by atoms with Gasteiger partial charge in [0.1, 0.15) is 6.10 Å². The van der Waals surface area contributed by atoms with Crippen LogP contribution >= 0.6 is 0 Å². The second-order valence-corrected chi connectivity index (χ2v) is 4.32. The van der Waals surface area contributed by atoms with Crippen LogP contribution < -0.4 is 16.9 Å². The molecule has 5 N–H and O–H groups in total. The summed E-state index contributed by atoms with van der Waals surface area (Å²) in [5.74, 6) is 0.129. The smallest absolute Gasteiger partial charge is 0.351 e. The van der Waals surface area contributed by atoms with Crippen LogP contribution in [0.15, 0.2) is 17.1 Å². The van der Waals surface area contributed by atoms with E-state index in [2.05, 4.69) is 15.3 Å². The molecule has 20 heavy (non-hydrogen) atoms. The third-order valence-electron chi connectivity index (χ3n) is 2.97. The second kappa shape index (κ2) is 5.42. The number of aromatic nitrogens is 2. The number of hydrogen-bond donors (Lipinski definition) is 4. The predicted molar refractivity (Wildman–Crippen MR) is 64.2 cm³/mol. The minimum Gasteiger partial charge on any atom is -0.392 e. The van der Waals surface area contributed by atoms with E-state index in [0.717, 1.165) is 4.57 Å². The summed E-state index contributed by atoms with van der Waals surface area (Å²) in [6, 6.07) is 1.35. The number of hydrogen-bond acceptors (Lipinski definition) is 8. The first-order valence-corrected chi connectivity index (χ1v) is 5.71. The number of aliphatic hydroxyl groups is 2. The van der Waals surface area contributed by atoms with E-state index in [1.165, 1.54) is 19.4 Å². The van der Waals surface area contributed by atoms with E-state index in [1.807, 2.05) is 0 Å². The lowest BCUT2D eigenvalue weighted by Crippen LogP contribution is -2.53. The summed E-state index contributed by atoms with van der Waals surface area (Å²) in [5.41, 5.74) is 5.07. The van der Waals surface area contributed by atoms with Crippen molar-refractivity contribution >= 4 is 5.82 Å². The maximum absolute atomic E-state index is 14.0. The molecule has 1 saturated heterocycles. The molecule has 2 heterocycles. The third-order valence-corrected chi connectivity index (χ3v) is 2.97. The summed E-state index contributed by atoms with van der Waals surface area (Å²) in [5, 5.41) is 18.7. The standard InChI is InChI=1S/C10H15FN4O5/c1-19-14-5-2-3-15(9(18)13-5)8-6(11)7(17)10(12,4-16)20-8/h2-3,6-8,16-17H,4,12H2,1H3,(H,13,14,18)/t6-,7-,8+,10+/m0/s1. The Morgan fingerprint density at radius 3 is 2.95 bits per heavy atom. The van der Waals surface area contributed by atoms with E-state index < -0.39 is 36.5 Å². The topological polar surface area (TPSA) is 132 Å². The Balaban J connectivity index is 2.31. The molecule has 112 valence electrons. The van der Waals surface area contributed by atoms with Gasteiger partial charge < -0.3 is 14.9 Å². The van der Waals surface area contributed by atoms with Gasteiger partial charge in [-0.2, -0.15) is 4.98 Å². The molecule has 0 unspecified atom stereocenters. The van der Waals surface area contributed by atoms with Crippen LogP contribution in [0.4, 0.5) is 10.2 Å². The average Bonchev–Trinajstić information content (AvgIpc) is 2.65. The van der Waals surface area contributed by atoms with Crippen LogP contribution in [0, 0.1) is 0 Å². The number of nitrogens with one attached hydrogen (secondary N) is 1. The zero-order chi connectivity index (χ0) is 14.9. The predicted octanol–water partition coefficient (Wildman–Crippen LogP) is -1.91. The molecule has 0 radical (unpaired) electrons. The van der Waals surface area contributed by atoms with Crippen LogP contribution in [0.2, 0.25) is 0 Å². The molecule has 4 atom stereocenters. The highest BCUT2D eigenvalue weighted by Gasteiger charge is 2.53. The van der Waals surface area contributed by atoms with E-state index >= 15 is 0 Å². The molecule has 0 bridgehead atoms. The first-order valence-electron chi connectivity index (χ1n) is 5.71. The van der Waals surface area contributed by atoms with Crippen LogP contribution in [-0.4, -0.2) is 51.5 Å². The summed E-state index contributed by atoms with van der Waals surface area (Å²) in [6.45, 7) is -0.795. The lowest BCUT2D eigenvalue weighted by molar-refractivity contribution is -0.125. The Bertz CT molecular complexity index is 541. The van der Waals surface area contributed by atoms with Crippen molar-refractivity contribution in [1.82, 2.24) is 9.55 Å². The van der Waals surface area contributed by atoms with Crippen molar-refractivity contribution in [2.24, 2.45) is 5.73 Å². The Labute approximate surface area is 112 Å². The van der Waals surface area contributed by atoms with Gasteiger partial charge in [0.25, 0.3) is 0 Å². The molecule has 1 aliphatic heterocycles. The molecule has 0 amide bonds. The van der Waals surface area contributed by atoms with Crippen LogP contribution in [0.25, 0.3) is 0 Å². The molecule has 1 aromatic heterocycles. The van der Waals surface area contributed by atoms with Gasteiger partial charge in [-0.3, -0.25) is 15.1 Å². The summed E-state index contributed by atoms with van der Waals surface area (Å²) >= 11 is 0. The highest BCUT2D eigenvalue weighted by molar-refractivity contribution is 5.28. The van der Waals surface area contributed by atoms with Crippen molar-refractivity contribution in [3.8, 4) is 0 Å². The van der Waals surface area contributed by atoms with Crippen LogP contribution in [-0.2, 0) is 9.57 Å². The first-order chi connectivity index (χ1) is 9.42. The molecule has 1 aromatic rings. The molecule has 0 aromatic carbocycles. The van der Waals surface area contributed by atoms with Crippen molar-refractivity contribution < 1.29 is 24.2 Å². The third kappa shape index (κ3) is 2.39. The van der Waals surface area contributed by atoms with Gasteiger partial charge >= 0.3 is 5.69 Å². The highest BCUT2D eigenvalue weighted by atomic mass is 19.1. The van der Waals surface area contributed by atoms with Gasteiger partial charge in [-0.1, -0.05) is 0 Å². The molecule has 2 rings (SSSR count). The zero-order valence-electron chi connectivity index (χ0n) is 10.6. The number of aliphatic hydroxyl groups excluding tert-OH is 2. The van der Waals surface area contributed by atoms with E-state index in [4.69, 9.17) is 15.6 Å². The lowest BCUT2D eigenvalue weighted by Gasteiger charge is -2.24. The fourth-order valence-corrected chi connectivity index (χ4v) is 1.89. The SMILES string of the molecule is CONc1ccn([C@@H]2O[C@](N)(CO)[C@@H](O)[C@@H]2F)c(=O)n1. The number of halogens is 1. The number of ether oxygens (including phenoxy) is 1. The Morgan fingerprint density at radius 2 is 2.45 bits per heavy atom. The molecular weight excluding hydrogens is 275 g/mol. The minimum atomic E-state index is -1.98. The fraction of sp³-hybridized carbons (Fsp3) is 0.600. The minimum absolute atomic E-state index is 0.129. The largest absolute Gasteiger partial charge is 0.392 e. The summed E-state index contributed by atoms with van der Waals surface area (Å²) in [7, 11) is 1.34. The van der Waals surface area contributed by atoms with E-state index in [0.29, 0.717) is 0 Å². The zero-order valence-corrected chi connectivity index (χ0v) is 10.6. The maximum Gasteiger partial charge on any atom is 0.351 e. The molecule has 0 saturated carbocycles. The van der Waals surface area contributed by atoms with E-state index in [-0.39, 0.29) is 5.82 Å². The number of nitrogens with two attached hydrogens (primary N) is 1. The Morgan fingerprint density at radius 1 is 1.75 bits per heavy atom. The van der Waals surface area contributed by atoms with Crippen molar-refractivity contribution in [3.05, 3.63) is 22.7 Å². The van der Waals surface area contributed by atoms with Gasteiger partial charge in [0.2, 0.25) is 0 Å². The number of alkyl halides is 1. The quantitative estimate of drug-likeness (QED) is 0.472. The number of rotatable bonds is 4. The van der Waals surface area contributed by atoms with Gasteiger partial charge in [0.05, 0.1) is 13.7 Å². The number of anilines is 1. The van der Waals surface area contributed by atoms with Crippen molar-refractivity contribution in [2.45, 2.75) is 24.2 Å².